The summed E-state index contributed by atoms with van der Waals surface area (Å²) in [6.07, 6.45) is 7.22. The van der Waals surface area contributed by atoms with Crippen LogP contribution in [-0.4, -0.2) is 73.2 Å². The Hall–Kier alpha value is -3.39. The Morgan fingerprint density at radius 2 is 1.82 bits per heavy atom. The number of rotatable bonds is 17. The van der Waals surface area contributed by atoms with Crippen molar-refractivity contribution in [2.24, 2.45) is 0 Å². The van der Waals surface area contributed by atoms with E-state index in [0.717, 1.165) is 64.2 Å². The first-order valence-electron chi connectivity index (χ1n) is 17.7. The Bertz CT molecular complexity index is 1620. The van der Waals surface area contributed by atoms with Crippen molar-refractivity contribution >= 4 is 31.0 Å². The number of para-hydroxylation sites is 1. The zero-order valence-electron chi connectivity index (χ0n) is 29.0. The van der Waals surface area contributed by atoms with Gasteiger partial charge in [0.1, 0.15) is 53.7 Å². The Labute approximate surface area is 292 Å². The standard InChI is InChI=1S/C35H50N5O9P/c1-4-5-6-7-14-19-29(41)38-33-28-21-20-27(40(28)37-23-36-33)31-30(42)32(43)35(3,48-31)22-46-50(45,49-26-17-12-9-13-18-26)39-24(2)34(44)47-25-15-10-8-11-16-25/h9,12-13,17-18,20-21,23-25,30-32,42-43H,4-8,10-11,14-16,19,22H2,1-3H3,(H,39,45)(H,36,37,38,41)/t24-,30-,31-,32-,35+,50-/m0/s1. The van der Waals surface area contributed by atoms with E-state index in [9.17, 15) is 24.4 Å². The van der Waals surface area contributed by atoms with E-state index in [-0.39, 0.29) is 17.8 Å². The summed E-state index contributed by atoms with van der Waals surface area (Å²) in [5, 5.41) is 32.3. The van der Waals surface area contributed by atoms with Gasteiger partial charge in [-0.1, -0.05) is 57.2 Å². The minimum absolute atomic E-state index is 0.158. The maximum Gasteiger partial charge on any atom is 0.459 e. The fourth-order valence-corrected chi connectivity index (χ4v) is 7.91. The number of aliphatic hydroxyl groups excluding tert-OH is 2. The van der Waals surface area contributed by atoms with Gasteiger partial charge in [0.25, 0.3) is 0 Å². The largest absolute Gasteiger partial charge is 0.461 e. The smallest absolute Gasteiger partial charge is 0.459 e. The maximum absolute atomic E-state index is 14.2. The average molecular weight is 716 g/mol. The van der Waals surface area contributed by atoms with Crippen molar-refractivity contribution in [2.45, 2.75) is 127 Å². The van der Waals surface area contributed by atoms with E-state index in [0.29, 0.717) is 23.4 Å². The molecule has 1 aliphatic heterocycles. The number of hydrogen-bond donors (Lipinski definition) is 4. The number of benzene rings is 1. The Morgan fingerprint density at radius 3 is 2.56 bits per heavy atom. The molecule has 5 rings (SSSR count). The van der Waals surface area contributed by atoms with Crippen LogP contribution in [-0.2, 0) is 28.2 Å². The molecule has 2 aromatic heterocycles. The predicted octanol–water partition coefficient (Wildman–Crippen LogP) is 5.64. The first-order valence-corrected chi connectivity index (χ1v) is 19.2. The van der Waals surface area contributed by atoms with Crippen molar-refractivity contribution in [3.63, 3.8) is 0 Å². The van der Waals surface area contributed by atoms with Gasteiger partial charge in [0.15, 0.2) is 5.82 Å². The molecule has 50 heavy (non-hydrogen) atoms. The lowest BCUT2D eigenvalue weighted by molar-refractivity contribution is -0.152. The number of ether oxygens (including phenoxy) is 2. The quantitative estimate of drug-likeness (QED) is 0.0768. The van der Waals surface area contributed by atoms with Crippen molar-refractivity contribution in [2.75, 3.05) is 11.9 Å². The number of anilines is 1. The maximum atomic E-state index is 14.2. The van der Waals surface area contributed by atoms with E-state index >= 15 is 0 Å². The highest BCUT2D eigenvalue weighted by Crippen LogP contribution is 2.48. The van der Waals surface area contributed by atoms with E-state index in [1.165, 1.54) is 24.7 Å². The van der Waals surface area contributed by atoms with Crippen molar-refractivity contribution in [3.05, 3.63) is 54.5 Å². The second kappa shape index (κ2) is 17.2. The Balaban J connectivity index is 1.27. The van der Waals surface area contributed by atoms with E-state index in [2.05, 4.69) is 27.4 Å². The molecule has 0 radical (unpaired) electrons. The second-order valence-corrected chi connectivity index (χ2v) is 15.1. The first kappa shape index (κ1) is 37.9. The molecular weight excluding hydrogens is 665 g/mol. The van der Waals surface area contributed by atoms with Crippen LogP contribution in [0.1, 0.15) is 103 Å². The summed E-state index contributed by atoms with van der Waals surface area (Å²) >= 11 is 0. The molecule has 0 unspecified atom stereocenters. The highest BCUT2D eigenvalue weighted by Gasteiger charge is 2.54. The van der Waals surface area contributed by atoms with Gasteiger partial charge in [-0.3, -0.25) is 14.1 Å². The zero-order chi connectivity index (χ0) is 35.7. The lowest BCUT2D eigenvalue weighted by Crippen LogP contribution is -2.45. The van der Waals surface area contributed by atoms with Crippen LogP contribution in [0.15, 0.2) is 48.8 Å². The van der Waals surface area contributed by atoms with Crippen LogP contribution in [0, 0.1) is 0 Å². The number of nitrogens with zero attached hydrogens (tertiary/aromatic N) is 3. The molecule has 1 amide bonds. The van der Waals surface area contributed by atoms with Gasteiger partial charge in [0, 0.05) is 6.42 Å². The summed E-state index contributed by atoms with van der Waals surface area (Å²) in [5.74, 6) is -0.202. The molecular formula is C35H50N5O9P. The summed E-state index contributed by atoms with van der Waals surface area (Å²) in [6.45, 7) is 4.69. The van der Waals surface area contributed by atoms with Crippen LogP contribution in [0.3, 0.4) is 0 Å². The van der Waals surface area contributed by atoms with E-state index in [1.807, 2.05) is 0 Å². The fourth-order valence-electron chi connectivity index (χ4n) is 6.32. The van der Waals surface area contributed by atoms with Crippen LogP contribution in [0.4, 0.5) is 5.82 Å². The third kappa shape index (κ3) is 9.48. The van der Waals surface area contributed by atoms with Gasteiger partial charge in [0.05, 0.1) is 12.3 Å². The molecule has 6 atom stereocenters. The molecule has 1 aliphatic carbocycles. The topological polar surface area (TPSA) is 183 Å². The van der Waals surface area contributed by atoms with Gasteiger partial charge in [0.2, 0.25) is 5.91 Å². The van der Waals surface area contributed by atoms with E-state index in [1.54, 1.807) is 42.5 Å². The van der Waals surface area contributed by atoms with Gasteiger partial charge in [-0.25, -0.2) is 14.1 Å². The van der Waals surface area contributed by atoms with Crippen LogP contribution in [0.5, 0.6) is 5.75 Å². The first-order chi connectivity index (χ1) is 24.0. The zero-order valence-corrected chi connectivity index (χ0v) is 29.9. The van der Waals surface area contributed by atoms with Crippen LogP contribution < -0.4 is 14.9 Å². The monoisotopic (exact) mass is 715 g/mol. The number of aromatic nitrogens is 3. The van der Waals surface area contributed by atoms with Gasteiger partial charge < -0.3 is 29.5 Å². The number of carbonyl (C=O) groups excluding carboxylic acids is 2. The number of hydrogen-bond acceptors (Lipinski definition) is 11. The number of nitrogens with one attached hydrogen (secondary N) is 2. The number of aliphatic hydroxyl groups is 2. The third-order valence-corrected chi connectivity index (χ3v) is 10.8. The molecule has 1 saturated carbocycles. The number of carbonyl (C=O) groups is 2. The van der Waals surface area contributed by atoms with Crippen molar-refractivity contribution in [1.82, 2.24) is 19.7 Å². The van der Waals surface area contributed by atoms with Crippen LogP contribution in [0.2, 0.25) is 0 Å². The molecule has 3 aromatic rings. The highest BCUT2D eigenvalue weighted by molar-refractivity contribution is 7.52. The summed E-state index contributed by atoms with van der Waals surface area (Å²) in [5.41, 5.74) is -0.691. The lowest BCUT2D eigenvalue weighted by Gasteiger charge is -2.30. The molecule has 2 aliphatic rings. The number of unbranched alkanes of at least 4 members (excludes halogenated alkanes) is 4. The van der Waals surface area contributed by atoms with Gasteiger partial charge in [-0.05, 0) is 70.2 Å². The molecule has 0 spiro atoms. The minimum Gasteiger partial charge on any atom is -0.461 e. The van der Waals surface area contributed by atoms with Crippen molar-refractivity contribution in [3.8, 4) is 5.75 Å². The Kier molecular flexibility index (Phi) is 13.0. The highest BCUT2D eigenvalue weighted by atomic mass is 31.2. The average Bonchev–Trinajstić information content (AvgIpc) is 3.63. The van der Waals surface area contributed by atoms with Crippen LogP contribution >= 0.6 is 7.75 Å². The van der Waals surface area contributed by atoms with E-state index in [4.69, 9.17) is 18.5 Å². The normalized spacial score (nSPS) is 24.5. The lowest BCUT2D eigenvalue weighted by atomic mass is 9.97. The third-order valence-electron chi connectivity index (χ3n) is 9.22. The molecule has 3 heterocycles. The molecule has 2 fully saturated rings. The minimum atomic E-state index is -4.29. The number of amides is 1. The molecule has 4 N–H and O–H groups in total. The molecule has 1 aromatic carbocycles. The van der Waals surface area contributed by atoms with Crippen molar-refractivity contribution in [1.29, 1.82) is 0 Å². The number of fused-ring (bicyclic) bond motifs is 1. The molecule has 15 heteroatoms. The number of esters is 1. The van der Waals surface area contributed by atoms with Crippen LogP contribution in [0.25, 0.3) is 5.52 Å². The summed E-state index contributed by atoms with van der Waals surface area (Å²) in [4.78, 5) is 29.8. The van der Waals surface area contributed by atoms with E-state index < -0.39 is 50.3 Å². The SMILES string of the molecule is CCCCCCCC(=O)Nc1ncnn2c([C@@H]3O[C@](C)(CO[P@@](=O)(N[C@@H](C)C(=O)OC4CCCCC4)Oc4ccccc4)[C@@H](O)[C@H]3O)ccc12. The summed E-state index contributed by atoms with van der Waals surface area (Å²) in [6, 6.07) is 10.7. The van der Waals surface area contributed by atoms with Gasteiger partial charge in [-0.15, -0.1) is 0 Å². The van der Waals surface area contributed by atoms with Crippen molar-refractivity contribution < 1.29 is 42.9 Å². The predicted molar refractivity (Wildman–Crippen MR) is 185 cm³/mol. The molecule has 14 nitrogen and oxygen atoms in total. The van der Waals surface area contributed by atoms with Gasteiger partial charge in [-0.2, -0.15) is 10.2 Å². The fraction of sp³-hybridized carbons (Fsp3) is 0.600. The Morgan fingerprint density at radius 1 is 1.08 bits per heavy atom. The van der Waals surface area contributed by atoms with Gasteiger partial charge >= 0.3 is 13.7 Å². The molecule has 0 bridgehead atoms. The molecule has 1 saturated heterocycles. The summed E-state index contributed by atoms with van der Waals surface area (Å²) in [7, 11) is -4.29. The molecule has 274 valence electrons. The summed E-state index contributed by atoms with van der Waals surface area (Å²) < 4.78 is 39.2. The second-order valence-electron chi connectivity index (χ2n) is 13.4.